The first kappa shape index (κ1) is 14.9. The molecular weight excluding hydrogens is 282 g/mol. The largest absolute Gasteiger partial charge is 0.373 e. The zero-order chi connectivity index (χ0) is 14.7. The predicted molar refractivity (Wildman–Crippen MR) is 85.6 cm³/mol. The molecule has 1 amide bonds. The molecule has 3 rings (SSSR count). The van der Waals surface area contributed by atoms with Crippen molar-refractivity contribution in [1.82, 2.24) is 5.32 Å². The summed E-state index contributed by atoms with van der Waals surface area (Å²) in [6.07, 6.45) is 8.36. The van der Waals surface area contributed by atoms with Gasteiger partial charge in [-0.25, -0.2) is 0 Å². The molecule has 2 fully saturated rings. The fourth-order valence-corrected chi connectivity index (χ4v) is 3.92. The zero-order valence-corrected chi connectivity index (χ0v) is 13.4. The lowest BCUT2D eigenvalue weighted by Gasteiger charge is -2.21. The number of hydrogen-bond donors (Lipinski definition) is 1. The third-order valence-electron chi connectivity index (χ3n) is 4.61. The van der Waals surface area contributed by atoms with Crippen LogP contribution in [0.15, 0.2) is 29.2 Å². The van der Waals surface area contributed by atoms with Crippen molar-refractivity contribution in [3.05, 3.63) is 29.8 Å². The summed E-state index contributed by atoms with van der Waals surface area (Å²) in [6.45, 7) is 0.678. The van der Waals surface area contributed by atoms with Crippen LogP contribution in [0.4, 0.5) is 0 Å². The summed E-state index contributed by atoms with van der Waals surface area (Å²) < 4.78 is 5.98. The number of rotatable bonds is 4. The zero-order valence-electron chi connectivity index (χ0n) is 12.6. The highest BCUT2D eigenvalue weighted by atomic mass is 32.2. The quantitative estimate of drug-likeness (QED) is 0.868. The van der Waals surface area contributed by atoms with Gasteiger partial charge < -0.3 is 10.1 Å². The Labute approximate surface area is 130 Å². The fourth-order valence-electron chi connectivity index (χ4n) is 3.51. The molecule has 4 heteroatoms. The molecule has 2 aliphatic rings. The monoisotopic (exact) mass is 305 g/mol. The molecule has 3 nitrogen and oxygen atoms in total. The highest BCUT2D eigenvalue weighted by Gasteiger charge is 2.42. The first-order valence-corrected chi connectivity index (χ1v) is 8.98. The van der Waals surface area contributed by atoms with Gasteiger partial charge in [-0.3, -0.25) is 4.79 Å². The minimum atomic E-state index is 0.0813. The van der Waals surface area contributed by atoms with Gasteiger partial charge in [-0.15, -0.1) is 11.8 Å². The topological polar surface area (TPSA) is 38.3 Å². The third kappa shape index (κ3) is 3.61. The molecule has 21 heavy (non-hydrogen) atoms. The van der Waals surface area contributed by atoms with Crippen LogP contribution in [0.25, 0.3) is 0 Å². The van der Waals surface area contributed by atoms with E-state index in [2.05, 4.69) is 23.7 Å². The minimum absolute atomic E-state index is 0.0813. The molecule has 1 aromatic carbocycles. The fraction of sp³-hybridized carbons (Fsp3) is 0.588. The van der Waals surface area contributed by atoms with Gasteiger partial charge in [-0.05, 0) is 43.2 Å². The maximum Gasteiger partial charge on any atom is 0.224 e. The average molecular weight is 305 g/mol. The molecule has 1 N–H and O–H groups in total. The molecular formula is C17H23NO2S. The van der Waals surface area contributed by atoms with E-state index < -0.39 is 0 Å². The van der Waals surface area contributed by atoms with Gasteiger partial charge in [0.15, 0.2) is 0 Å². The Morgan fingerprint density at radius 1 is 1.33 bits per heavy atom. The van der Waals surface area contributed by atoms with Crippen LogP contribution < -0.4 is 5.32 Å². The Morgan fingerprint density at radius 2 is 2.05 bits per heavy atom. The van der Waals surface area contributed by atoms with Crippen LogP contribution in [0.5, 0.6) is 0 Å². The summed E-state index contributed by atoms with van der Waals surface area (Å²) in [5.41, 5.74) is 1.15. The van der Waals surface area contributed by atoms with Crippen molar-refractivity contribution in [1.29, 1.82) is 0 Å². The van der Waals surface area contributed by atoms with E-state index >= 15 is 0 Å². The molecule has 1 atom stereocenters. The molecule has 0 radical (unpaired) electrons. The van der Waals surface area contributed by atoms with Crippen molar-refractivity contribution in [2.24, 2.45) is 0 Å². The van der Waals surface area contributed by atoms with E-state index in [0.29, 0.717) is 13.0 Å². The van der Waals surface area contributed by atoms with Crippen LogP contribution in [-0.2, 0) is 16.0 Å². The molecule has 0 bridgehead atoms. The summed E-state index contributed by atoms with van der Waals surface area (Å²) in [4.78, 5) is 13.4. The van der Waals surface area contributed by atoms with Crippen LogP contribution in [-0.4, -0.2) is 30.4 Å². The van der Waals surface area contributed by atoms with Crippen molar-refractivity contribution in [2.45, 2.75) is 55.1 Å². The van der Waals surface area contributed by atoms with Crippen LogP contribution >= 0.6 is 11.8 Å². The van der Waals surface area contributed by atoms with Gasteiger partial charge >= 0.3 is 0 Å². The average Bonchev–Trinajstić information content (AvgIpc) is 3.10. The van der Waals surface area contributed by atoms with Gasteiger partial charge in [-0.2, -0.15) is 0 Å². The SMILES string of the molecule is CSc1ccc(CC(=O)NC2COC3(CCCC3)C2)cc1. The van der Waals surface area contributed by atoms with Gasteiger partial charge in [0.1, 0.15) is 0 Å². The molecule has 1 spiro atoms. The second kappa shape index (κ2) is 6.41. The molecule has 1 heterocycles. The number of ether oxygens (including phenoxy) is 1. The molecule has 1 saturated carbocycles. The molecule has 114 valence electrons. The normalized spacial score (nSPS) is 23.6. The van der Waals surface area contributed by atoms with E-state index in [9.17, 15) is 4.79 Å². The maximum absolute atomic E-state index is 12.2. The first-order chi connectivity index (χ1) is 10.2. The lowest BCUT2D eigenvalue weighted by atomic mass is 9.96. The van der Waals surface area contributed by atoms with Crippen molar-refractivity contribution < 1.29 is 9.53 Å². The first-order valence-electron chi connectivity index (χ1n) is 7.75. The van der Waals surface area contributed by atoms with Gasteiger partial charge in [0.05, 0.1) is 24.7 Å². The van der Waals surface area contributed by atoms with Gasteiger partial charge in [-0.1, -0.05) is 25.0 Å². The number of carbonyl (C=O) groups is 1. The number of thioether (sulfide) groups is 1. The van der Waals surface area contributed by atoms with Crippen LogP contribution in [0.2, 0.25) is 0 Å². The summed E-state index contributed by atoms with van der Waals surface area (Å²) >= 11 is 1.72. The van der Waals surface area contributed by atoms with Gasteiger partial charge in [0.25, 0.3) is 0 Å². The number of amides is 1. The summed E-state index contributed by atoms with van der Waals surface area (Å²) in [7, 11) is 0. The number of carbonyl (C=O) groups excluding carboxylic acids is 1. The van der Waals surface area contributed by atoms with Crippen LogP contribution in [0.3, 0.4) is 0 Å². The Morgan fingerprint density at radius 3 is 2.71 bits per heavy atom. The smallest absolute Gasteiger partial charge is 0.224 e. The Balaban J connectivity index is 1.50. The third-order valence-corrected chi connectivity index (χ3v) is 5.36. The van der Waals surface area contributed by atoms with Crippen molar-refractivity contribution in [3.8, 4) is 0 Å². The Hall–Kier alpha value is -1.00. The second-order valence-corrected chi connectivity index (χ2v) is 7.07. The van der Waals surface area contributed by atoms with Gasteiger partial charge in [0, 0.05) is 4.90 Å². The summed E-state index contributed by atoms with van der Waals surface area (Å²) in [5.74, 6) is 0.107. The lowest BCUT2D eigenvalue weighted by Crippen LogP contribution is -2.37. The summed E-state index contributed by atoms with van der Waals surface area (Å²) in [6, 6.07) is 8.41. The summed E-state index contributed by atoms with van der Waals surface area (Å²) in [5, 5.41) is 3.14. The molecule has 0 aromatic heterocycles. The maximum atomic E-state index is 12.2. The van der Waals surface area contributed by atoms with E-state index in [4.69, 9.17) is 4.74 Å². The highest BCUT2D eigenvalue weighted by molar-refractivity contribution is 7.98. The molecule has 1 saturated heterocycles. The van der Waals surface area contributed by atoms with Crippen molar-refractivity contribution in [3.63, 3.8) is 0 Å². The molecule has 1 aliphatic carbocycles. The minimum Gasteiger partial charge on any atom is -0.373 e. The van der Waals surface area contributed by atoms with Crippen LogP contribution in [0.1, 0.15) is 37.7 Å². The Bertz CT molecular complexity index is 494. The van der Waals surface area contributed by atoms with E-state index in [-0.39, 0.29) is 17.6 Å². The standard InChI is InChI=1S/C17H23NO2S/c1-21-15-6-4-13(5-7-15)10-16(19)18-14-11-17(20-12-14)8-2-3-9-17/h4-7,14H,2-3,8-12H2,1H3,(H,18,19). The number of nitrogens with one attached hydrogen (secondary N) is 1. The highest BCUT2D eigenvalue weighted by Crippen LogP contribution is 2.40. The van der Waals surface area contributed by atoms with Crippen molar-refractivity contribution in [2.75, 3.05) is 12.9 Å². The van der Waals surface area contributed by atoms with Crippen LogP contribution in [0, 0.1) is 0 Å². The molecule has 1 aromatic rings. The van der Waals surface area contributed by atoms with E-state index in [0.717, 1.165) is 24.8 Å². The number of hydrogen-bond acceptors (Lipinski definition) is 3. The van der Waals surface area contributed by atoms with E-state index in [1.807, 2.05) is 12.1 Å². The Kier molecular flexibility index (Phi) is 4.55. The predicted octanol–water partition coefficient (Wildman–Crippen LogP) is 3.17. The second-order valence-electron chi connectivity index (χ2n) is 6.19. The molecule has 1 unspecified atom stereocenters. The van der Waals surface area contributed by atoms with Crippen molar-refractivity contribution >= 4 is 17.7 Å². The van der Waals surface area contributed by atoms with E-state index in [1.165, 1.54) is 17.7 Å². The van der Waals surface area contributed by atoms with Gasteiger partial charge in [0.2, 0.25) is 5.91 Å². The number of benzene rings is 1. The lowest BCUT2D eigenvalue weighted by molar-refractivity contribution is -0.121. The molecule has 1 aliphatic heterocycles. The van der Waals surface area contributed by atoms with E-state index in [1.54, 1.807) is 11.8 Å².